The number of piperidine rings is 2. The maximum absolute atomic E-state index is 12.9. The largest absolute Gasteiger partial charge is 0.493 e. The lowest BCUT2D eigenvalue weighted by atomic mass is 10.0. The zero-order valence-electron chi connectivity index (χ0n) is 33.0. The minimum Gasteiger partial charge on any atom is -0.493 e. The summed E-state index contributed by atoms with van der Waals surface area (Å²) >= 11 is 6.51. The van der Waals surface area contributed by atoms with Crippen molar-refractivity contribution in [3.63, 3.8) is 0 Å². The van der Waals surface area contributed by atoms with Crippen molar-refractivity contribution in [1.82, 2.24) is 30.1 Å². The summed E-state index contributed by atoms with van der Waals surface area (Å²) in [6, 6.07) is 11.8. The predicted octanol–water partition coefficient (Wildman–Crippen LogP) is 3.47. The molecule has 4 amide bonds. The average Bonchev–Trinajstić information content (AvgIpc) is 3.56. The van der Waals surface area contributed by atoms with Crippen molar-refractivity contribution in [2.75, 3.05) is 63.4 Å². The van der Waals surface area contributed by atoms with Gasteiger partial charge in [-0.1, -0.05) is 11.6 Å². The lowest BCUT2D eigenvalue weighted by Crippen LogP contribution is -2.52. The van der Waals surface area contributed by atoms with Crippen molar-refractivity contribution >= 4 is 63.6 Å². The number of anilines is 3. The normalized spacial score (nSPS) is 16.9. The van der Waals surface area contributed by atoms with Crippen molar-refractivity contribution in [3.8, 4) is 11.5 Å². The Balaban J connectivity index is 0.791. The monoisotopic (exact) mass is 830 g/mol. The van der Waals surface area contributed by atoms with E-state index in [2.05, 4.69) is 25.8 Å². The molecular weight excluding hydrogens is 784 g/mol. The number of nitrogens with zero attached hydrogens (tertiary/aromatic N) is 5. The number of benzene rings is 2. The van der Waals surface area contributed by atoms with Crippen LogP contribution in [-0.2, 0) is 37.4 Å². The van der Waals surface area contributed by atoms with Crippen LogP contribution in [-0.4, -0.2) is 108 Å². The van der Waals surface area contributed by atoms with E-state index in [4.69, 9.17) is 35.5 Å². The van der Waals surface area contributed by atoms with Crippen LogP contribution < -0.4 is 35.9 Å². The van der Waals surface area contributed by atoms with Gasteiger partial charge in [0.05, 0.1) is 24.4 Å². The number of fused-ring (bicyclic) bond motifs is 2. The van der Waals surface area contributed by atoms with Gasteiger partial charge in [-0.2, -0.15) is 4.98 Å². The number of aromatic nitrogens is 3. The third-order valence-corrected chi connectivity index (χ3v) is 10.8. The number of amides is 4. The second-order valence-corrected chi connectivity index (χ2v) is 15.0. The van der Waals surface area contributed by atoms with E-state index >= 15 is 0 Å². The van der Waals surface area contributed by atoms with E-state index in [-0.39, 0.29) is 48.2 Å². The predicted molar refractivity (Wildman–Crippen MR) is 218 cm³/mol. The minimum atomic E-state index is -0.644. The van der Waals surface area contributed by atoms with Crippen LogP contribution in [0.2, 0.25) is 5.02 Å². The van der Waals surface area contributed by atoms with E-state index in [9.17, 15) is 24.0 Å². The summed E-state index contributed by atoms with van der Waals surface area (Å²) in [6.45, 7) is 3.66. The van der Waals surface area contributed by atoms with Gasteiger partial charge < -0.3 is 43.9 Å². The number of hydrogen-bond acceptors (Lipinski definition) is 13. The standard InChI is InChI=1S/C41H47ClN8O9/c1-43-36(52)24-59-34-21-25-19-27(5-8-32(25)48(2)40(34)55)45-37-31(42)22-44-41(47-37)49-13-11-28(12-14-49)57-17-3-15-56-16-4-18-58-29-6-7-30-26(20-29)23-50(39(30)54)33-9-10-35(51)46-38(33)53/h5-8,19-22,28,33H,3-4,9-18,23-24H2,1-2H3,(H,43,52)(H,44,45,47)(H,46,51,53). The number of imide groups is 1. The molecular formula is C41H47ClN8O9. The molecule has 0 saturated carbocycles. The van der Waals surface area contributed by atoms with Crippen LogP contribution in [0.25, 0.3) is 10.9 Å². The number of halogens is 1. The highest BCUT2D eigenvalue weighted by molar-refractivity contribution is 6.33. The molecule has 18 heteroatoms. The molecule has 3 aliphatic heterocycles. The van der Waals surface area contributed by atoms with E-state index in [0.29, 0.717) is 85.1 Å². The summed E-state index contributed by atoms with van der Waals surface area (Å²) < 4.78 is 24.8. The van der Waals surface area contributed by atoms with Crippen LogP contribution in [0.4, 0.5) is 17.5 Å². The van der Waals surface area contributed by atoms with Gasteiger partial charge in [0.15, 0.2) is 18.2 Å². The van der Waals surface area contributed by atoms with Crippen molar-refractivity contribution < 1.29 is 38.1 Å². The van der Waals surface area contributed by atoms with Gasteiger partial charge >= 0.3 is 0 Å². The Labute approximate surface area is 345 Å². The van der Waals surface area contributed by atoms with Crippen molar-refractivity contribution in [2.24, 2.45) is 7.05 Å². The molecule has 0 spiro atoms. The summed E-state index contributed by atoms with van der Waals surface area (Å²) in [5.74, 6) is 0.444. The Morgan fingerprint density at radius 3 is 2.54 bits per heavy atom. The number of likely N-dealkylation sites (N-methyl/N-ethyl adjacent to an activating group) is 1. The summed E-state index contributed by atoms with van der Waals surface area (Å²) in [4.78, 5) is 74.0. The first kappa shape index (κ1) is 41.4. The van der Waals surface area contributed by atoms with Crippen LogP contribution in [0.1, 0.15) is 54.4 Å². The molecule has 0 radical (unpaired) electrons. The highest BCUT2D eigenvalue weighted by Gasteiger charge is 2.39. The number of ether oxygens (including phenoxy) is 4. The molecule has 2 aromatic carbocycles. The fourth-order valence-corrected chi connectivity index (χ4v) is 7.45. The number of hydrogen-bond donors (Lipinski definition) is 3. The summed E-state index contributed by atoms with van der Waals surface area (Å²) in [5, 5.41) is 9.15. The average molecular weight is 831 g/mol. The quantitative estimate of drug-likeness (QED) is 0.104. The van der Waals surface area contributed by atoms with Crippen LogP contribution in [0.3, 0.4) is 0 Å². The fourth-order valence-electron chi connectivity index (χ4n) is 7.31. The maximum atomic E-state index is 12.9. The Morgan fingerprint density at radius 1 is 0.966 bits per heavy atom. The second kappa shape index (κ2) is 18.9. The Morgan fingerprint density at radius 2 is 1.76 bits per heavy atom. The van der Waals surface area contributed by atoms with E-state index < -0.39 is 11.9 Å². The van der Waals surface area contributed by atoms with Gasteiger partial charge in [0.1, 0.15) is 16.8 Å². The molecule has 2 saturated heterocycles. The van der Waals surface area contributed by atoms with E-state index in [0.717, 1.165) is 43.3 Å². The summed E-state index contributed by atoms with van der Waals surface area (Å²) in [7, 11) is 3.15. The first-order valence-electron chi connectivity index (χ1n) is 19.7. The fraction of sp³-hybridized carbons (Fsp3) is 0.439. The zero-order chi connectivity index (χ0) is 41.5. The first-order valence-corrected chi connectivity index (χ1v) is 20.1. The lowest BCUT2D eigenvalue weighted by molar-refractivity contribution is -0.137. The third kappa shape index (κ3) is 9.92. The molecule has 3 aliphatic rings. The molecule has 0 bridgehead atoms. The van der Waals surface area contributed by atoms with Gasteiger partial charge in [0.2, 0.25) is 17.8 Å². The number of carbonyl (C=O) groups is 4. The van der Waals surface area contributed by atoms with Crippen LogP contribution in [0, 0.1) is 0 Å². The van der Waals surface area contributed by atoms with Crippen LogP contribution in [0.15, 0.2) is 53.5 Å². The molecule has 3 N–H and O–H groups in total. The van der Waals surface area contributed by atoms with E-state index in [1.54, 1.807) is 31.4 Å². The molecule has 4 aromatic rings. The Hall–Kier alpha value is -5.78. The molecule has 1 atom stereocenters. The van der Waals surface area contributed by atoms with Gasteiger partial charge in [-0.05, 0) is 73.7 Å². The lowest BCUT2D eigenvalue weighted by Gasteiger charge is -2.32. The van der Waals surface area contributed by atoms with Gasteiger partial charge in [0, 0.05) is 83.0 Å². The van der Waals surface area contributed by atoms with E-state index in [1.165, 1.54) is 16.5 Å². The van der Waals surface area contributed by atoms with Crippen molar-refractivity contribution in [1.29, 1.82) is 0 Å². The number of nitrogens with one attached hydrogen (secondary N) is 3. The number of aryl methyl sites for hydroxylation is 1. The number of rotatable bonds is 17. The first-order chi connectivity index (χ1) is 28.6. The summed E-state index contributed by atoms with van der Waals surface area (Å²) in [5.41, 5.74) is 2.40. The molecule has 7 rings (SSSR count). The zero-order valence-corrected chi connectivity index (χ0v) is 33.7. The molecule has 0 aliphatic carbocycles. The highest BCUT2D eigenvalue weighted by atomic mass is 35.5. The van der Waals surface area contributed by atoms with Gasteiger partial charge in [-0.25, -0.2) is 4.98 Å². The molecule has 312 valence electrons. The van der Waals surface area contributed by atoms with Crippen molar-refractivity contribution in [3.05, 3.63) is 75.2 Å². The van der Waals surface area contributed by atoms with Gasteiger partial charge in [-0.15, -0.1) is 0 Å². The molecule has 2 fully saturated rings. The highest BCUT2D eigenvalue weighted by Crippen LogP contribution is 2.31. The van der Waals surface area contributed by atoms with Gasteiger partial charge in [-0.3, -0.25) is 29.3 Å². The smallest absolute Gasteiger partial charge is 0.293 e. The second-order valence-electron chi connectivity index (χ2n) is 14.5. The minimum absolute atomic E-state index is 0.0703. The van der Waals surface area contributed by atoms with E-state index in [1.807, 2.05) is 24.3 Å². The van der Waals surface area contributed by atoms with Crippen LogP contribution >= 0.6 is 11.6 Å². The Bertz CT molecular complexity index is 2280. The van der Waals surface area contributed by atoms with Crippen LogP contribution in [0.5, 0.6) is 11.5 Å². The maximum Gasteiger partial charge on any atom is 0.293 e. The molecule has 1 unspecified atom stereocenters. The van der Waals surface area contributed by atoms with Gasteiger partial charge in [0.25, 0.3) is 17.4 Å². The third-order valence-electron chi connectivity index (χ3n) is 10.5. The van der Waals surface area contributed by atoms with Crippen molar-refractivity contribution in [2.45, 2.75) is 57.2 Å². The SMILES string of the molecule is CNC(=O)COc1cc2cc(Nc3nc(N4CCC(OCCCOCCCOc5ccc6c(c5)CN(C5CCC(=O)NC5=O)C6=O)CC4)ncc3Cl)ccc2n(C)c1=O. The molecule has 2 aromatic heterocycles. The molecule has 17 nitrogen and oxygen atoms in total. The number of carbonyl (C=O) groups excluding carboxylic acids is 4. The Kier molecular flexibility index (Phi) is 13.2. The molecule has 5 heterocycles. The topological polar surface area (TPSA) is 196 Å². The number of pyridine rings is 1. The summed E-state index contributed by atoms with van der Waals surface area (Å²) in [6.07, 6.45) is 5.37. The molecule has 59 heavy (non-hydrogen) atoms.